The van der Waals surface area contributed by atoms with Crippen LogP contribution in [0.3, 0.4) is 0 Å². The van der Waals surface area contributed by atoms with Crippen molar-refractivity contribution in [3.63, 3.8) is 0 Å². The largest absolute Gasteiger partial charge is 0.489 e. The Morgan fingerprint density at radius 3 is 2.94 bits per heavy atom. The fourth-order valence-corrected chi connectivity index (χ4v) is 3.80. The summed E-state index contributed by atoms with van der Waals surface area (Å²) in [6.07, 6.45) is 2.04. The number of ether oxygens (including phenoxy) is 3. The summed E-state index contributed by atoms with van der Waals surface area (Å²) in [5.41, 5.74) is 3.41. The number of carbonyl (C=O) groups is 2. The lowest BCUT2D eigenvalue weighted by Crippen LogP contribution is -2.39. The van der Waals surface area contributed by atoms with E-state index in [0.717, 1.165) is 16.7 Å². The summed E-state index contributed by atoms with van der Waals surface area (Å²) in [6.45, 7) is 4.68. The number of halogens is 1. The predicted molar refractivity (Wildman–Crippen MR) is 114 cm³/mol. The van der Waals surface area contributed by atoms with Gasteiger partial charge in [0.15, 0.2) is 5.75 Å². The van der Waals surface area contributed by atoms with Crippen molar-refractivity contribution in [1.29, 1.82) is 0 Å². The SMILES string of the molecule is Cc1c(Cc2ccc(C(=O)NC[C@@H]3COCCO3)nc2)cc2c(c1Cl)OCCNC2=O. The summed E-state index contributed by atoms with van der Waals surface area (Å²) in [4.78, 5) is 29.0. The summed E-state index contributed by atoms with van der Waals surface area (Å²) < 4.78 is 16.5. The Morgan fingerprint density at radius 2 is 2.19 bits per heavy atom. The zero-order valence-electron chi connectivity index (χ0n) is 17.2. The van der Waals surface area contributed by atoms with E-state index in [2.05, 4.69) is 15.6 Å². The molecule has 1 fully saturated rings. The van der Waals surface area contributed by atoms with Crippen molar-refractivity contribution in [3.8, 4) is 5.75 Å². The average Bonchev–Trinajstić information content (AvgIpc) is 2.98. The molecule has 164 valence electrons. The van der Waals surface area contributed by atoms with Gasteiger partial charge in [-0.05, 0) is 42.2 Å². The van der Waals surface area contributed by atoms with Crippen molar-refractivity contribution in [1.82, 2.24) is 15.6 Å². The number of benzene rings is 1. The minimum absolute atomic E-state index is 0.140. The first kappa shape index (κ1) is 21.5. The zero-order chi connectivity index (χ0) is 21.8. The zero-order valence-corrected chi connectivity index (χ0v) is 18.0. The standard InChI is InChI=1S/C22H24ClN3O5/c1-13-15(9-17-20(19(13)23)31-5-4-24-21(17)27)8-14-2-3-18(25-10-14)22(28)26-11-16-12-29-6-7-30-16/h2-3,9-10,16H,4-8,11-12H2,1H3,(H,24,27)(H,26,28)/t16-/m1/s1. The molecule has 4 rings (SSSR count). The molecule has 1 atom stereocenters. The van der Waals surface area contributed by atoms with E-state index < -0.39 is 0 Å². The Kier molecular flexibility index (Phi) is 6.70. The number of amides is 2. The van der Waals surface area contributed by atoms with Gasteiger partial charge in [-0.3, -0.25) is 14.6 Å². The van der Waals surface area contributed by atoms with Gasteiger partial charge in [0.25, 0.3) is 11.8 Å². The predicted octanol–water partition coefficient (Wildman–Crippen LogP) is 1.90. The second-order valence-electron chi connectivity index (χ2n) is 7.46. The molecule has 0 aliphatic carbocycles. The molecule has 31 heavy (non-hydrogen) atoms. The van der Waals surface area contributed by atoms with Gasteiger partial charge in [0.1, 0.15) is 12.3 Å². The number of hydrogen-bond acceptors (Lipinski definition) is 6. The number of nitrogens with zero attached hydrogens (tertiary/aromatic N) is 1. The van der Waals surface area contributed by atoms with E-state index >= 15 is 0 Å². The van der Waals surface area contributed by atoms with E-state index in [1.165, 1.54) is 0 Å². The molecule has 0 radical (unpaired) electrons. The normalized spacial score (nSPS) is 18.4. The maximum atomic E-state index is 12.3. The molecule has 2 aromatic rings. The summed E-state index contributed by atoms with van der Waals surface area (Å²) in [6, 6.07) is 5.33. The fourth-order valence-electron chi connectivity index (χ4n) is 3.52. The Balaban J connectivity index is 1.44. The molecular formula is C22H24ClN3O5. The van der Waals surface area contributed by atoms with Crippen molar-refractivity contribution in [2.45, 2.75) is 19.4 Å². The van der Waals surface area contributed by atoms with Crippen molar-refractivity contribution < 1.29 is 23.8 Å². The maximum Gasteiger partial charge on any atom is 0.269 e. The van der Waals surface area contributed by atoms with Crippen LogP contribution in [0.25, 0.3) is 0 Å². The molecule has 9 heteroatoms. The van der Waals surface area contributed by atoms with Crippen LogP contribution in [-0.4, -0.2) is 62.4 Å². The Morgan fingerprint density at radius 1 is 1.32 bits per heavy atom. The number of hydrogen-bond donors (Lipinski definition) is 2. The van der Waals surface area contributed by atoms with E-state index in [9.17, 15) is 9.59 Å². The first-order chi connectivity index (χ1) is 15.0. The maximum absolute atomic E-state index is 12.3. The van der Waals surface area contributed by atoms with Crippen molar-refractivity contribution in [2.24, 2.45) is 0 Å². The van der Waals surface area contributed by atoms with E-state index in [-0.39, 0.29) is 17.9 Å². The van der Waals surface area contributed by atoms with Crippen LogP contribution in [0.4, 0.5) is 0 Å². The third kappa shape index (κ3) is 4.98. The van der Waals surface area contributed by atoms with Gasteiger partial charge in [-0.25, -0.2) is 0 Å². The summed E-state index contributed by atoms with van der Waals surface area (Å²) in [5.74, 6) is -0.0395. The van der Waals surface area contributed by atoms with Gasteiger partial charge in [-0.15, -0.1) is 0 Å². The first-order valence-corrected chi connectivity index (χ1v) is 10.6. The summed E-state index contributed by atoms with van der Waals surface area (Å²) in [5, 5.41) is 6.06. The van der Waals surface area contributed by atoms with Gasteiger partial charge in [0.05, 0.1) is 43.1 Å². The molecule has 0 unspecified atom stereocenters. The third-order valence-corrected chi connectivity index (χ3v) is 5.73. The van der Waals surface area contributed by atoms with Gasteiger partial charge in [0, 0.05) is 12.7 Å². The number of pyridine rings is 1. The van der Waals surface area contributed by atoms with Crippen LogP contribution in [-0.2, 0) is 15.9 Å². The first-order valence-electron chi connectivity index (χ1n) is 10.2. The van der Waals surface area contributed by atoms with E-state index in [1.54, 1.807) is 12.3 Å². The molecule has 2 N–H and O–H groups in total. The van der Waals surface area contributed by atoms with Gasteiger partial charge < -0.3 is 24.8 Å². The highest BCUT2D eigenvalue weighted by atomic mass is 35.5. The minimum Gasteiger partial charge on any atom is -0.489 e. The van der Waals surface area contributed by atoms with Crippen molar-refractivity contribution in [3.05, 3.63) is 57.4 Å². The fraction of sp³-hybridized carbons (Fsp3) is 0.409. The molecule has 8 nitrogen and oxygen atoms in total. The van der Waals surface area contributed by atoms with Crippen LogP contribution in [0.2, 0.25) is 5.02 Å². The third-order valence-electron chi connectivity index (χ3n) is 5.28. The minimum atomic E-state index is -0.265. The smallest absolute Gasteiger partial charge is 0.269 e. The quantitative estimate of drug-likeness (QED) is 0.729. The summed E-state index contributed by atoms with van der Waals surface area (Å²) in [7, 11) is 0. The highest BCUT2D eigenvalue weighted by Crippen LogP contribution is 2.36. The van der Waals surface area contributed by atoms with Crippen molar-refractivity contribution in [2.75, 3.05) is 39.5 Å². The van der Waals surface area contributed by atoms with Gasteiger partial charge >= 0.3 is 0 Å². The molecule has 0 bridgehead atoms. The second-order valence-corrected chi connectivity index (χ2v) is 7.84. The molecule has 2 amide bonds. The monoisotopic (exact) mass is 445 g/mol. The highest BCUT2D eigenvalue weighted by Gasteiger charge is 2.23. The van der Waals surface area contributed by atoms with Crippen LogP contribution < -0.4 is 15.4 Å². The molecule has 2 aliphatic heterocycles. The summed E-state index contributed by atoms with van der Waals surface area (Å²) >= 11 is 6.49. The number of carbonyl (C=O) groups excluding carboxylic acids is 2. The van der Waals surface area contributed by atoms with Crippen molar-refractivity contribution >= 4 is 23.4 Å². The van der Waals surface area contributed by atoms with Crippen LogP contribution >= 0.6 is 11.6 Å². The molecule has 1 aromatic heterocycles. The number of fused-ring (bicyclic) bond motifs is 1. The molecular weight excluding hydrogens is 422 g/mol. The number of aromatic nitrogens is 1. The molecule has 2 aliphatic rings. The molecule has 1 saturated heterocycles. The Hall–Kier alpha value is -2.68. The lowest BCUT2D eigenvalue weighted by Gasteiger charge is -2.22. The molecule has 0 saturated carbocycles. The van der Waals surface area contributed by atoms with E-state index in [4.69, 9.17) is 25.8 Å². The van der Waals surface area contributed by atoms with Gasteiger partial charge in [-0.1, -0.05) is 17.7 Å². The van der Waals surface area contributed by atoms with Crippen LogP contribution in [0.1, 0.15) is 37.5 Å². The molecule has 1 aromatic carbocycles. The highest BCUT2D eigenvalue weighted by molar-refractivity contribution is 6.33. The average molecular weight is 446 g/mol. The number of nitrogens with one attached hydrogen (secondary N) is 2. The lowest BCUT2D eigenvalue weighted by atomic mass is 9.97. The molecule has 3 heterocycles. The van der Waals surface area contributed by atoms with Crippen LogP contribution in [0.5, 0.6) is 5.75 Å². The second kappa shape index (κ2) is 9.64. The number of rotatable bonds is 5. The topological polar surface area (TPSA) is 98.8 Å². The van der Waals surface area contributed by atoms with Gasteiger partial charge in [-0.2, -0.15) is 0 Å². The lowest BCUT2D eigenvalue weighted by molar-refractivity contribution is -0.0855. The van der Waals surface area contributed by atoms with Crippen LogP contribution in [0, 0.1) is 6.92 Å². The van der Waals surface area contributed by atoms with E-state index in [0.29, 0.717) is 68.0 Å². The van der Waals surface area contributed by atoms with Crippen LogP contribution in [0.15, 0.2) is 24.4 Å². The Labute approximate surface area is 185 Å². The van der Waals surface area contributed by atoms with E-state index in [1.807, 2.05) is 19.1 Å². The Bertz CT molecular complexity index is 974. The molecule has 0 spiro atoms. The van der Waals surface area contributed by atoms with Gasteiger partial charge in [0.2, 0.25) is 0 Å².